The third-order valence-corrected chi connectivity index (χ3v) is 5.78. The normalized spacial score (nSPS) is 11.6. The lowest BCUT2D eigenvalue weighted by Crippen LogP contribution is -2.15. The number of anilines is 1. The number of amides is 1. The van der Waals surface area contributed by atoms with Crippen LogP contribution in [0.5, 0.6) is 5.75 Å². The Morgan fingerprint density at radius 3 is 2.60 bits per heavy atom. The Labute approximate surface area is 204 Å². The van der Waals surface area contributed by atoms with E-state index in [1.807, 2.05) is 30.3 Å². The van der Waals surface area contributed by atoms with Crippen molar-refractivity contribution in [3.63, 3.8) is 0 Å². The van der Waals surface area contributed by atoms with Crippen LogP contribution in [-0.2, 0) is 4.79 Å². The van der Waals surface area contributed by atoms with E-state index in [1.54, 1.807) is 29.7 Å². The number of aromatic nitrogens is 3. The van der Waals surface area contributed by atoms with Crippen LogP contribution in [0.2, 0.25) is 0 Å². The van der Waals surface area contributed by atoms with Crippen LogP contribution in [0, 0.1) is 15.9 Å². The van der Waals surface area contributed by atoms with E-state index in [-0.39, 0.29) is 23.1 Å². The second kappa shape index (κ2) is 10.8. The van der Waals surface area contributed by atoms with Gasteiger partial charge in [-0.3, -0.25) is 19.5 Å². The summed E-state index contributed by atoms with van der Waals surface area (Å²) in [6.07, 6.45) is -0.646. The molecule has 1 amide bonds. The Bertz CT molecular complexity index is 1350. The molecule has 11 heteroatoms. The summed E-state index contributed by atoms with van der Waals surface area (Å²) < 4.78 is 21.6. The molecule has 0 aliphatic rings. The summed E-state index contributed by atoms with van der Waals surface area (Å²) in [7, 11) is 0. The SMILES string of the molecule is CC(Oc1ccccc1F)c1nnc(SCC(=O)Nc2cccc([N+](=O)[O-])c2)n1-c1ccccc1. The molecule has 1 N–H and O–H groups in total. The van der Waals surface area contributed by atoms with Crippen molar-refractivity contribution in [3.05, 3.63) is 101 Å². The van der Waals surface area contributed by atoms with Crippen LogP contribution >= 0.6 is 11.8 Å². The van der Waals surface area contributed by atoms with E-state index in [9.17, 15) is 19.3 Å². The number of non-ortho nitro benzene ring substituents is 1. The standard InChI is InChI=1S/C24H20FN5O4S/c1-16(34-21-13-6-5-12-20(21)25)23-27-28-24(29(23)18-9-3-2-4-10-18)35-15-22(31)26-17-8-7-11-19(14-17)30(32)33/h2-14,16H,15H2,1H3,(H,26,31). The second-order valence-electron chi connectivity index (χ2n) is 7.35. The molecule has 0 aliphatic heterocycles. The molecule has 35 heavy (non-hydrogen) atoms. The van der Waals surface area contributed by atoms with Gasteiger partial charge in [-0.15, -0.1) is 10.2 Å². The number of nitro benzene ring substituents is 1. The number of halogens is 1. The van der Waals surface area contributed by atoms with Crippen LogP contribution in [0.1, 0.15) is 18.9 Å². The van der Waals surface area contributed by atoms with Gasteiger partial charge >= 0.3 is 0 Å². The number of benzene rings is 3. The molecule has 4 rings (SSSR count). The van der Waals surface area contributed by atoms with E-state index in [0.717, 1.165) is 17.4 Å². The van der Waals surface area contributed by atoms with Crippen LogP contribution in [-0.4, -0.2) is 31.3 Å². The van der Waals surface area contributed by atoms with E-state index >= 15 is 0 Å². The Kier molecular flexibility index (Phi) is 7.36. The number of carbonyl (C=O) groups is 1. The summed E-state index contributed by atoms with van der Waals surface area (Å²) in [5.74, 6) is -0.349. The molecule has 1 unspecified atom stereocenters. The van der Waals surface area contributed by atoms with Crippen molar-refractivity contribution in [2.24, 2.45) is 0 Å². The maximum atomic E-state index is 14.1. The fourth-order valence-corrected chi connectivity index (χ4v) is 4.02. The van der Waals surface area contributed by atoms with E-state index in [2.05, 4.69) is 15.5 Å². The molecule has 1 aromatic heterocycles. The minimum absolute atomic E-state index is 0.0176. The smallest absolute Gasteiger partial charge is 0.271 e. The van der Waals surface area contributed by atoms with Crippen molar-refractivity contribution in [2.45, 2.75) is 18.2 Å². The van der Waals surface area contributed by atoms with Gasteiger partial charge in [-0.1, -0.05) is 48.2 Å². The molecule has 1 heterocycles. The number of para-hydroxylation sites is 2. The molecular formula is C24H20FN5O4S. The highest BCUT2D eigenvalue weighted by Crippen LogP contribution is 2.29. The molecule has 0 spiro atoms. The first kappa shape index (κ1) is 23.9. The Morgan fingerprint density at radius 1 is 1.11 bits per heavy atom. The largest absolute Gasteiger partial charge is 0.480 e. The van der Waals surface area contributed by atoms with Crippen LogP contribution in [0.4, 0.5) is 15.8 Å². The average molecular weight is 494 g/mol. The number of nitrogens with one attached hydrogen (secondary N) is 1. The zero-order valence-electron chi connectivity index (χ0n) is 18.5. The fraction of sp³-hybridized carbons (Fsp3) is 0.125. The summed E-state index contributed by atoms with van der Waals surface area (Å²) in [6, 6.07) is 21.1. The van der Waals surface area contributed by atoms with E-state index < -0.39 is 16.8 Å². The molecule has 0 saturated carbocycles. The number of ether oxygens (including phenoxy) is 1. The summed E-state index contributed by atoms with van der Waals surface area (Å²) in [5.41, 5.74) is 0.952. The zero-order valence-corrected chi connectivity index (χ0v) is 19.3. The zero-order chi connectivity index (χ0) is 24.8. The van der Waals surface area contributed by atoms with Gasteiger partial charge in [0.1, 0.15) is 0 Å². The number of hydrogen-bond acceptors (Lipinski definition) is 7. The second-order valence-corrected chi connectivity index (χ2v) is 8.29. The number of hydrogen-bond donors (Lipinski definition) is 1. The van der Waals surface area contributed by atoms with Crippen LogP contribution < -0.4 is 10.1 Å². The Morgan fingerprint density at radius 2 is 1.86 bits per heavy atom. The number of nitrogens with zero attached hydrogens (tertiary/aromatic N) is 4. The average Bonchev–Trinajstić information content (AvgIpc) is 3.29. The number of thioether (sulfide) groups is 1. The van der Waals surface area contributed by atoms with E-state index in [1.165, 1.54) is 30.3 Å². The van der Waals surface area contributed by atoms with Gasteiger partial charge in [0, 0.05) is 23.5 Å². The van der Waals surface area contributed by atoms with Crippen LogP contribution in [0.15, 0.2) is 84.0 Å². The summed E-state index contributed by atoms with van der Waals surface area (Å²) in [6.45, 7) is 1.74. The maximum absolute atomic E-state index is 14.1. The molecule has 4 aromatic rings. The highest BCUT2D eigenvalue weighted by atomic mass is 32.2. The molecule has 0 radical (unpaired) electrons. The van der Waals surface area contributed by atoms with Crippen molar-refractivity contribution in [3.8, 4) is 11.4 Å². The predicted molar refractivity (Wildman–Crippen MR) is 129 cm³/mol. The highest BCUT2D eigenvalue weighted by molar-refractivity contribution is 7.99. The Balaban J connectivity index is 1.53. The number of nitro groups is 1. The highest BCUT2D eigenvalue weighted by Gasteiger charge is 2.22. The first-order chi connectivity index (χ1) is 16.9. The summed E-state index contributed by atoms with van der Waals surface area (Å²) >= 11 is 1.14. The van der Waals surface area contributed by atoms with Gasteiger partial charge in [0.2, 0.25) is 5.91 Å². The van der Waals surface area contributed by atoms with Gasteiger partial charge in [-0.05, 0) is 37.3 Å². The molecule has 9 nitrogen and oxygen atoms in total. The number of rotatable bonds is 9. The summed E-state index contributed by atoms with van der Waals surface area (Å²) in [5, 5.41) is 22.5. The van der Waals surface area contributed by atoms with Crippen molar-refractivity contribution in [1.82, 2.24) is 14.8 Å². The molecule has 0 bridgehead atoms. The first-order valence-corrected chi connectivity index (χ1v) is 11.5. The molecular weight excluding hydrogens is 473 g/mol. The molecule has 178 valence electrons. The van der Waals surface area contributed by atoms with Crippen molar-refractivity contribution in [1.29, 1.82) is 0 Å². The number of carbonyl (C=O) groups excluding carboxylic acids is 1. The maximum Gasteiger partial charge on any atom is 0.271 e. The fourth-order valence-electron chi connectivity index (χ4n) is 3.27. The molecule has 0 fully saturated rings. The lowest BCUT2D eigenvalue weighted by Gasteiger charge is -2.17. The van der Waals surface area contributed by atoms with E-state index in [4.69, 9.17) is 4.74 Å². The van der Waals surface area contributed by atoms with Crippen molar-refractivity contribution < 1.29 is 18.8 Å². The predicted octanol–water partition coefficient (Wildman–Crippen LogP) is 5.19. The molecule has 0 aliphatic carbocycles. The minimum atomic E-state index is -0.646. The van der Waals surface area contributed by atoms with Gasteiger partial charge in [0.05, 0.1) is 10.7 Å². The summed E-state index contributed by atoms with van der Waals surface area (Å²) in [4.78, 5) is 22.9. The van der Waals surface area contributed by atoms with E-state index in [0.29, 0.717) is 16.7 Å². The molecule has 0 saturated heterocycles. The lowest BCUT2D eigenvalue weighted by atomic mass is 10.3. The third-order valence-electron chi connectivity index (χ3n) is 4.85. The van der Waals surface area contributed by atoms with Crippen LogP contribution in [0.25, 0.3) is 5.69 Å². The van der Waals surface area contributed by atoms with Gasteiger partial charge in [0.25, 0.3) is 5.69 Å². The van der Waals surface area contributed by atoms with Gasteiger partial charge in [-0.2, -0.15) is 0 Å². The first-order valence-electron chi connectivity index (χ1n) is 10.5. The van der Waals surface area contributed by atoms with Gasteiger partial charge in [-0.25, -0.2) is 4.39 Å². The topological polar surface area (TPSA) is 112 Å². The third kappa shape index (κ3) is 5.82. The van der Waals surface area contributed by atoms with Crippen molar-refractivity contribution >= 4 is 29.0 Å². The monoisotopic (exact) mass is 493 g/mol. The van der Waals surface area contributed by atoms with Crippen molar-refractivity contribution in [2.75, 3.05) is 11.1 Å². The molecule has 3 aromatic carbocycles. The quantitative estimate of drug-likeness (QED) is 0.194. The molecule has 1 atom stereocenters. The van der Waals surface area contributed by atoms with Crippen LogP contribution in [0.3, 0.4) is 0 Å². The lowest BCUT2D eigenvalue weighted by molar-refractivity contribution is -0.384. The Hall–Kier alpha value is -4.25. The van der Waals surface area contributed by atoms with Gasteiger partial charge < -0.3 is 10.1 Å². The minimum Gasteiger partial charge on any atom is -0.480 e. The van der Waals surface area contributed by atoms with Gasteiger partial charge in [0.15, 0.2) is 28.7 Å².